The molecular weight excluding hydrogens is 397 g/mol. The van der Waals surface area contributed by atoms with Crippen molar-refractivity contribution in [3.05, 3.63) is 24.3 Å². The molecule has 2 rings (SSSR count). The van der Waals surface area contributed by atoms with Gasteiger partial charge in [-0.1, -0.05) is 28.1 Å². The number of nitrogens with zero attached hydrogens (tertiary/aromatic N) is 2. The summed E-state index contributed by atoms with van der Waals surface area (Å²) in [5.41, 5.74) is 0.715. The number of rotatable bonds is 6. The van der Waals surface area contributed by atoms with Gasteiger partial charge in [0, 0.05) is 32.7 Å². The lowest BCUT2D eigenvalue weighted by atomic mass is 10.2. The van der Waals surface area contributed by atoms with Crippen molar-refractivity contribution in [3.63, 3.8) is 0 Å². The van der Waals surface area contributed by atoms with Gasteiger partial charge >= 0.3 is 6.18 Å². The molecule has 0 amide bonds. The second-order valence-corrected chi connectivity index (χ2v) is 7.54. The molecule has 1 heterocycles. The Labute approximate surface area is 147 Å². The Kier molecular flexibility index (Phi) is 6.85. The number of halogens is 5. The van der Waals surface area contributed by atoms with Crippen molar-refractivity contribution >= 4 is 33.2 Å². The first-order chi connectivity index (χ1) is 10.8. The average molecular weight is 416 g/mol. The fourth-order valence-corrected chi connectivity index (χ4v) is 2.79. The highest BCUT2D eigenvalue weighted by molar-refractivity contribution is 9.10. The molecule has 23 heavy (non-hydrogen) atoms. The van der Waals surface area contributed by atoms with Crippen LogP contribution in [0, 0.1) is 0 Å². The largest absolute Gasteiger partial charge is 0.482 e. The van der Waals surface area contributed by atoms with Crippen LogP contribution < -0.4 is 9.64 Å². The van der Waals surface area contributed by atoms with Gasteiger partial charge in [-0.2, -0.15) is 13.2 Å². The summed E-state index contributed by atoms with van der Waals surface area (Å²) in [5, 5.41) is 0. The molecule has 0 aliphatic carbocycles. The number of piperazine rings is 1. The summed E-state index contributed by atoms with van der Waals surface area (Å²) in [6.07, 6.45) is -3.48. The smallest absolute Gasteiger partial charge is 0.422 e. The Morgan fingerprint density at radius 2 is 1.83 bits per heavy atom. The zero-order chi connectivity index (χ0) is 16.9. The molecule has 1 aromatic rings. The summed E-state index contributed by atoms with van der Waals surface area (Å²) in [4.78, 5) is 4.36. The maximum Gasteiger partial charge on any atom is 0.422 e. The lowest BCUT2D eigenvalue weighted by molar-refractivity contribution is -0.153. The van der Waals surface area contributed by atoms with E-state index in [1.807, 2.05) is 6.07 Å². The highest BCUT2D eigenvalue weighted by Crippen LogP contribution is 2.30. The van der Waals surface area contributed by atoms with E-state index in [2.05, 4.69) is 25.7 Å². The fraction of sp³-hybridized carbons (Fsp3) is 0.600. The molecular formula is C15H19BrClF3N2O. The number of hydrogen-bond donors (Lipinski definition) is 0. The topological polar surface area (TPSA) is 15.7 Å². The summed E-state index contributed by atoms with van der Waals surface area (Å²) in [5.74, 6) is 0.277. The minimum Gasteiger partial charge on any atom is -0.482 e. The average Bonchev–Trinajstić information content (AvgIpc) is 2.51. The Hall–Kier alpha value is -0.660. The molecule has 1 aliphatic rings. The highest BCUT2D eigenvalue weighted by atomic mass is 79.9. The number of para-hydroxylation sites is 2. The van der Waals surface area contributed by atoms with Crippen LogP contribution in [0.4, 0.5) is 18.9 Å². The molecule has 0 aromatic heterocycles. The second-order valence-electron chi connectivity index (χ2n) is 5.38. The highest BCUT2D eigenvalue weighted by Gasteiger charge is 2.29. The lowest BCUT2D eigenvalue weighted by Crippen LogP contribution is -2.47. The van der Waals surface area contributed by atoms with Crippen LogP contribution in [-0.2, 0) is 0 Å². The van der Waals surface area contributed by atoms with E-state index in [-0.39, 0.29) is 10.0 Å². The van der Waals surface area contributed by atoms with Crippen LogP contribution in [0.25, 0.3) is 0 Å². The Bertz CT molecular complexity index is 494. The van der Waals surface area contributed by atoms with Gasteiger partial charge in [0.05, 0.1) is 9.97 Å². The SMILES string of the molecule is FC(F)(F)COc1ccccc1N1CCN(CCC(Cl)Br)CC1. The van der Waals surface area contributed by atoms with E-state index in [0.717, 1.165) is 39.1 Å². The lowest BCUT2D eigenvalue weighted by Gasteiger charge is -2.36. The van der Waals surface area contributed by atoms with Gasteiger partial charge in [0.1, 0.15) is 5.75 Å². The molecule has 1 atom stereocenters. The third-order valence-corrected chi connectivity index (χ3v) is 4.31. The molecule has 0 spiro atoms. The monoisotopic (exact) mass is 414 g/mol. The van der Waals surface area contributed by atoms with Crippen LogP contribution in [0.5, 0.6) is 5.75 Å². The minimum absolute atomic E-state index is 0.0305. The maximum atomic E-state index is 12.4. The number of anilines is 1. The van der Waals surface area contributed by atoms with Crippen LogP contribution in [0.3, 0.4) is 0 Å². The van der Waals surface area contributed by atoms with Crippen molar-refractivity contribution in [2.45, 2.75) is 16.9 Å². The van der Waals surface area contributed by atoms with Crippen LogP contribution in [-0.4, -0.2) is 54.7 Å². The van der Waals surface area contributed by atoms with Gasteiger partial charge in [-0.15, -0.1) is 11.6 Å². The number of hydrogen-bond acceptors (Lipinski definition) is 3. The summed E-state index contributed by atoms with van der Waals surface area (Å²) < 4.78 is 42.0. The second kappa shape index (κ2) is 8.44. The summed E-state index contributed by atoms with van der Waals surface area (Å²) in [7, 11) is 0. The van der Waals surface area contributed by atoms with Gasteiger partial charge < -0.3 is 9.64 Å². The van der Waals surface area contributed by atoms with E-state index in [1.165, 1.54) is 0 Å². The van der Waals surface area contributed by atoms with E-state index in [0.29, 0.717) is 5.69 Å². The van der Waals surface area contributed by atoms with E-state index >= 15 is 0 Å². The first kappa shape index (κ1) is 18.7. The Morgan fingerprint density at radius 1 is 1.17 bits per heavy atom. The maximum absolute atomic E-state index is 12.4. The van der Waals surface area contributed by atoms with Gasteiger partial charge in [-0.05, 0) is 18.6 Å². The van der Waals surface area contributed by atoms with Crippen molar-refractivity contribution in [2.24, 2.45) is 0 Å². The molecule has 0 saturated carbocycles. The zero-order valence-corrected chi connectivity index (χ0v) is 14.9. The summed E-state index contributed by atoms with van der Waals surface area (Å²) >= 11 is 9.20. The van der Waals surface area contributed by atoms with Gasteiger partial charge in [0.25, 0.3) is 0 Å². The van der Waals surface area contributed by atoms with Gasteiger partial charge in [0.2, 0.25) is 0 Å². The third kappa shape index (κ3) is 6.39. The van der Waals surface area contributed by atoms with E-state index in [4.69, 9.17) is 16.3 Å². The molecule has 130 valence electrons. The first-order valence-electron chi connectivity index (χ1n) is 7.39. The molecule has 0 radical (unpaired) electrons. The van der Waals surface area contributed by atoms with Crippen molar-refractivity contribution in [3.8, 4) is 5.75 Å². The van der Waals surface area contributed by atoms with E-state index in [9.17, 15) is 13.2 Å². The van der Waals surface area contributed by atoms with Crippen molar-refractivity contribution in [2.75, 3.05) is 44.2 Å². The molecule has 0 bridgehead atoms. The fourth-order valence-electron chi connectivity index (χ4n) is 2.49. The molecule has 1 fully saturated rings. The molecule has 1 unspecified atom stereocenters. The van der Waals surface area contributed by atoms with Gasteiger partial charge in [-0.3, -0.25) is 4.90 Å². The number of alkyl halides is 5. The Balaban J connectivity index is 1.93. The minimum atomic E-state index is -4.33. The van der Waals surface area contributed by atoms with E-state index < -0.39 is 12.8 Å². The Morgan fingerprint density at radius 3 is 2.43 bits per heavy atom. The predicted molar refractivity (Wildman–Crippen MR) is 89.8 cm³/mol. The van der Waals surface area contributed by atoms with Crippen molar-refractivity contribution in [1.82, 2.24) is 4.90 Å². The number of ether oxygens (including phenoxy) is 1. The first-order valence-corrected chi connectivity index (χ1v) is 8.74. The molecule has 1 aromatic carbocycles. The summed E-state index contributed by atoms with van der Waals surface area (Å²) in [6.45, 7) is 2.84. The van der Waals surface area contributed by atoms with Crippen LogP contribution in [0.15, 0.2) is 24.3 Å². The van der Waals surface area contributed by atoms with E-state index in [1.54, 1.807) is 18.2 Å². The van der Waals surface area contributed by atoms with Crippen molar-refractivity contribution < 1.29 is 17.9 Å². The van der Waals surface area contributed by atoms with Crippen LogP contribution in [0.1, 0.15) is 6.42 Å². The van der Waals surface area contributed by atoms with Crippen LogP contribution >= 0.6 is 27.5 Å². The summed E-state index contributed by atoms with van der Waals surface area (Å²) in [6, 6.07) is 6.87. The molecule has 1 saturated heterocycles. The predicted octanol–water partition coefficient (Wildman–Crippen LogP) is 4.10. The normalized spacial score (nSPS) is 18.0. The third-order valence-electron chi connectivity index (χ3n) is 3.63. The quantitative estimate of drug-likeness (QED) is 0.651. The van der Waals surface area contributed by atoms with Crippen LogP contribution in [0.2, 0.25) is 0 Å². The molecule has 3 nitrogen and oxygen atoms in total. The molecule has 0 N–H and O–H groups in total. The number of benzene rings is 1. The van der Waals surface area contributed by atoms with Crippen molar-refractivity contribution in [1.29, 1.82) is 0 Å². The zero-order valence-electron chi connectivity index (χ0n) is 12.5. The standard InChI is InChI=1S/C15H19BrClF3N2O/c16-14(17)5-6-21-7-9-22(10-8-21)12-3-1-2-4-13(12)23-11-15(18,19)20/h1-4,14H,5-11H2. The van der Waals surface area contributed by atoms with Gasteiger partial charge in [0.15, 0.2) is 6.61 Å². The molecule has 1 aliphatic heterocycles. The van der Waals surface area contributed by atoms with Gasteiger partial charge in [-0.25, -0.2) is 0 Å². The molecule has 8 heteroatoms.